The summed E-state index contributed by atoms with van der Waals surface area (Å²) >= 11 is 0. The number of rotatable bonds is 23. The molecule has 6 amide bonds. The maximum absolute atomic E-state index is 13.2. The molecule has 0 bridgehead atoms. The molecule has 1 fully saturated rings. The lowest BCUT2D eigenvalue weighted by Crippen LogP contribution is -2.54. The highest BCUT2D eigenvalue weighted by Crippen LogP contribution is 2.42. The second-order valence-electron chi connectivity index (χ2n) is 16.5. The third-order valence-corrected chi connectivity index (χ3v) is 11.5. The van der Waals surface area contributed by atoms with Gasteiger partial charge >= 0.3 is 0 Å². The van der Waals surface area contributed by atoms with E-state index in [0.717, 1.165) is 44.1 Å². The number of benzene rings is 4. The van der Waals surface area contributed by atoms with Gasteiger partial charge in [-0.05, 0) is 66.4 Å². The zero-order chi connectivity index (χ0) is 50.8. The van der Waals surface area contributed by atoms with Crippen LogP contribution >= 0.6 is 0 Å². The van der Waals surface area contributed by atoms with Gasteiger partial charge in [0, 0.05) is 36.3 Å². The molecule has 8 rings (SSSR count). The number of carbonyl (C=O) groups excluding carboxylic acids is 6. The van der Waals surface area contributed by atoms with Crippen molar-refractivity contribution in [2.24, 2.45) is 0 Å². The van der Waals surface area contributed by atoms with Crippen molar-refractivity contribution in [2.45, 2.75) is 32.2 Å². The molecule has 72 heavy (non-hydrogen) atoms. The number of allylic oxidation sites excluding steroid dienone is 1. The zero-order valence-electron chi connectivity index (χ0n) is 40.3. The van der Waals surface area contributed by atoms with Crippen LogP contribution in [0.5, 0.6) is 11.5 Å². The number of carbonyl (C=O) groups is 6. The van der Waals surface area contributed by atoms with E-state index in [0.29, 0.717) is 75.7 Å². The quantitative estimate of drug-likeness (QED) is 0.0343. The zero-order valence-corrected chi connectivity index (χ0v) is 40.3. The number of amides is 6. The number of ether oxygens (including phenoxy) is 6. The number of hydrogen-bond donors (Lipinski definition) is 4. The van der Waals surface area contributed by atoms with Gasteiger partial charge in [0.25, 0.3) is 17.7 Å². The number of piperidine rings is 1. The molecule has 3 aliphatic heterocycles. The summed E-state index contributed by atoms with van der Waals surface area (Å²) in [6, 6.07) is 28.8. The standard InChI is InChI=1S/C51H52N6O12.C3H6/c1-64-43-28-33(36-29-40(32-8-3-2-4-9-32)55-48-34-10-5-6-12-38(34)54-45(59)30-37(36)48)14-16-42(43)69-31-46(60)53-19-21-66-23-25-68-27-26-67-24-22-65-20-18-52-39-13-7-11-35-47(39)51(63)57(50(35)62)41-15-17-44(58)56-49(41)61;1-3-2/h2-14,16,28-29,41,52H,15,17-27,30-31H2,1H3,(H,53,60)(H,54,59)(H,56,58,61);3H,1H2,2H3. The largest absolute Gasteiger partial charge is 0.493 e. The van der Waals surface area contributed by atoms with Gasteiger partial charge < -0.3 is 44.4 Å². The van der Waals surface area contributed by atoms with Crippen molar-refractivity contribution in [3.05, 3.63) is 126 Å². The molecule has 376 valence electrons. The molecule has 4 N–H and O–H groups in total. The maximum atomic E-state index is 13.2. The highest BCUT2D eigenvalue weighted by Gasteiger charge is 2.45. The van der Waals surface area contributed by atoms with Crippen LogP contribution in [0.3, 0.4) is 0 Å². The number of hydrogen-bond acceptors (Lipinski definition) is 14. The summed E-state index contributed by atoms with van der Waals surface area (Å²) in [5.74, 6) is -1.89. The minimum atomic E-state index is -1.03. The van der Waals surface area contributed by atoms with Crippen molar-refractivity contribution < 1.29 is 57.2 Å². The van der Waals surface area contributed by atoms with Crippen molar-refractivity contribution in [3.63, 3.8) is 0 Å². The molecular weight excluding hydrogens is 925 g/mol. The average molecular weight is 983 g/mol. The lowest BCUT2D eigenvalue weighted by atomic mass is 9.92. The third-order valence-electron chi connectivity index (χ3n) is 11.5. The summed E-state index contributed by atoms with van der Waals surface area (Å²) in [6.45, 7) is 8.29. The monoisotopic (exact) mass is 982 g/mol. The molecule has 1 unspecified atom stereocenters. The van der Waals surface area contributed by atoms with Crippen LogP contribution in [0.25, 0.3) is 33.6 Å². The van der Waals surface area contributed by atoms with Crippen molar-refractivity contribution >= 4 is 46.8 Å². The first-order valence-electron chi connectivity index (χ1n) is 23.6. The molecule has 4 heterocycles. The van der Waals surface area contributed by atoms with Gasteiger partial charge in [0.2, 0.25) is 17.7 Å². The van der Waals surface area contributed by atoms with Crippen LogP contribution in [0.2, 0.25) is 0 Å². The van der Waals surface area contributed by atoms with Gasteiger partial charge in [-0.2, -0.15) is 0 Å². The van der Waals surface area contributed by atoms with Crippen LogP contribution in [-0.2, 0) is 44.5 Å². The van der Waals surface area contributed by atoms with E-state index in [1.807, 2.05) is 79.7 Å². The fourth-order valence-electron chi connectivity index (χ4n) is 8.23. The molecule has 3 aliphatic rings. The number of para-hydroxylation sites is 1. The van der Waals surface area contributed by atoms with E-state index < -0.39 is 29.7 Å². The summed E-state index contributed by atoms with van der Waals surface area (Å²) < 4.78 is 33.9. The second-order valence-corrected chi connectivity index (χ2v) is 16.5. The Labute approximate surface area is 417 Å². The van der Waals surface area contributed by atoms with Crippen LogP contribution in [0.4, 0.5) is 11.4 Å². The molecule has 1 atom stereocenters. The highest BCUT2D eigenvalue weighted by molar-refractivity contribution is 6.25. The molecule has 5 aromatic rings. The van der Waals surface area contributed by atoms with Gasteiger partial charge in [0.05, 0.1) is 94.6 Å². The van der Waals surface area contributed by atoms with Crippen LogP contribution in [0, 0.1) is 0 Å². The Kier molecular flexibility index (Phi) is 18.7. The smallest absolute Gasteiger partial charge is 0.264 e. The predicted molar refractivity (Wildman–Crippen MR) is 269 cm³/mol. The fourth-order valence-corrected chi connectivity index (χ4v) is 8.23. The van der Waals surface area contributed by atoms with E-state index in [-0.39, 0.29) is 62.0 Å². The number of anilines is 2. The van der Waals surface area contributed by atoms with E-state index in [2.05, 4.69) is 27.8 Å². The summed E-state index contributed by atoms with van der Waals surface area (Å²) in [5, 5.41) is 11.1. The second kappa shape index (κ2) is 25.9. The molecule has 0 saturated carbocycles. The minimum absolute atomic E-state index is 0.0502. The summed E-state index contributed by atoms with van der Waals surface area (Å²) in [5.41, 5.74) is 7.22. The van der Waals surface area contributed by atoms with Crippen LogP contribution in [-0.4, -0.2) is 131 Å². The number of nitrogens with zero attached hydrogens (tertiary/aromatic N) is 2. The van der Waals surface area contributed by atoms with Crippen molar-refractivity contribution in [1.82, 2.24) is 20.5 Å². The van der Waals surface area contributed by atoms with Crippen molar-refractivity contribution in [1.29, 1.82) is 0 Å². The molecule has 0 aliphatic carbocycles. The topological polar surface area (TPSA) is 222 Å². The fraction of sp³-hybridized carbons (Fsp3) is 0.315. The molecule has 1 saturated heterocycles. The Morgan fingerprint density at radius 1 is 0.722 bits per heavy atom. The van der Waals surface area contributed by atoms with Gasteiger partial charge in [0.15, 0.2) is 18.1 Å². The molecule has 0 spiro atoms. The molecule has 4 aromatic carbocycles. The van der Waals surface area contributed by atoms with E-state index in [1.54, 1.807) is 30.3 Å². The number of methoxy groups -OCH3 is 1. The summed E-state index contributed by atoms with van der Waals surface area (Å²) in [6.07, 6.45) is 2.02. The normalized spacial score (nSPS) is 14.7. The van der Waals surface area contributed by atoms with Gasteiger partial charge in [-0.3, -0.25) is 39.0 Å². The molecular formula is C54H58N6O12. The number of pyridine rings is 1. The Hall–Kier alpha value is -7.77. The average Bonchev–Trinajstić information content (AvgIpc) is 3.54. The first-order valence-corrected chi connectivity index (χ1v) is 23.6. The highest BCUT2D eigenvalue weighted by atomic mass is 16.6. The third kappa shape index (κ3) is 13.1. The molecule has 1 aromatic heterocycles. The Morgan fingerprint density at radius 2 is 1.39 bits per heavy atom. The van der Waals surface area contributed by atoms with E-state index in [4.69, 9.17) is 33.4 Å². The Bertz CT molecular complexity index is 2770. The maximum Gasteiger partial charge on any atom is 0.264 e. The van der Waals surface area contributed by atoms with Gasteiger partial charge in [-0.25, -0.2) is 4.98 Å². The van der Waals surface area contributed by atoms with Crippen LogP contribution < -0.4 is 30.7 Å². The first-order chi connectivity index (χ1) is 35.1. The van der Waals surface area contributed by atoms with Gasteiger partial charge in [-0.1, -0.05) is 66.7 Å². The lowest BCUT2D eigenvalue weighted by molar-refractivity contribution is -0.136. The lowest BCUT2D eigenvalue weighted by Gasteiger charge is -2.27. The number of imide groups is 2. The minimum Gasteiger partial charge on any atom is -0.493 e. The van der Waals surface area contributed by atoms with Crippen molar-refractivity contribution in [3.8, 4) is 45.1 Å². The van der Waals surface area contributed by atoms with Crippen LogP contribution in [0.1, 0.15) is 46.0 Å². The summed E-state index contributed by atoms with van der Waals surface area (Å²) in [7, 11) is 1.53. The first kappa shape index (κ1) is 52.1. The molecule has 18 nitrogen and oxygen atoms in total. The van der Waals surface area contributed by atoms with E-state index in [1.165, 1.54) is 7.11 Å². The van der Waals surface area contributed by atoms with Crippen molar-refractivity contribution in [2.75, 3.05) is 90.3 Å². The van der Waals surface area contributed by atoms with E-state index in [9.17, 15) is 28.8 Å². The number of aromatic nitrogens is 1. The van der Waals surface area contributed by atoms with Gasteiger partial charge in [-0.15, -0.1) is 6.58 Å². The predicted octanol–water partition coefficient (Wildman–Crippen LogP) is 5.85. The van der Waals surface area contributed by atoms with Crippen LogP contribution in [0.15, 0.2) is 110 Å². The van der Waals surface area contributed by atoms with Gasteiger partial charge in [0.1, 0.15) is 6.04 Å². The number of nitrogens with one attached hydrogen (secondary N) is 4. The van der Waals surface area contributed by atoms with E-state index >= 15 is 0 Å². The molecule has 18 heteroatoms. The SMILES string of the molecule is C=CC.COc1cc(-c2cc(-c3ccccc3)nc3c2CC(=O)Nc2ccccc2-3)ccc1OCC(=O)NCCOCCOCCOCCOCCNc1cccc2c1C(=O)N(C1CCC(=O)NC1=O)C2=O. The summed E-state index contributed by atoms with van der Waals surface area (Å²) in [4.78, 5) is 82.0. The Balaban J connectivity index is 0.00000247. The number of fused-ring (bicyclic) bond motifs is 4. The Morgan fingerprint density at radius 3 is 2.10 bits per heavy atom. The molecule has 0 radical (unpaired) electrons.